The molecule has 2 aromatic carbocycles. The van der Waals surface area contributed by atoms with Crippen LogP contribution in [0.5, 0.6) is 5.75 Å². The van der Waals surface area contributed by atoms with Crippen molar-refractivity contribution < 1.29 is 9.84 Å². The molecule has 2 aromatic rings. The summed E-state index contributed by atoms with van der Waals surface area (Å²) in [6.07, 6.45) is 1.43. The molecule has 0 spiro atoms. The molecule has 116 valence electrons. The average Bonchev–Trinajstić information content (AvgIpc) is 2.57. The fraction of sp³-hybridized carbons (Fsp3) is 0.368. The van der Waals surface area contributed by atoms with Crippen molar-refractivity contribution in [3.05, 3.63) is 65.7 Å². The Labute approximate surface area is 132 Å². The summed E-state index contributed by atoms with van der Waals surface area (Å²) < 4.78 is 5.24. The molecule has 2 atom stereocenters. The number of ether oxygens (including phenoxy) is 1. The lowest BCUT2D eigenvalue weighted by Gasteiger charge is -2.38. The summed E-state index contributed by atoms with van der Waals surface area (Å²) in [6, 6.07) is 19.0. The smallest absolute Gasteiger partial charge is 0.118 e. The number of likely N-dealkylation sites (tertiary alicyclic amines) is 1. The fourth-order valence-corrected chi connectivity index (χ4v) is 3.18. The van der Waals surface area contributed by atoms with Gasteiger partial charge in [0, 0.05) is 19.1 Å². The van der Waals surface area contributed by atoms with E-state index in [4.69, 9.17) is 4.74 Å². The van der Waals surface area contributed by atoms with Crippen LogP contribution in [0.3, 0.4) is 0 Å². The van der Waals surface area contributed by atoms with Crippen LogP contribution >= 0.6 is 0 Å². The fourth-order valence-electron chi connectivity index (χ4n) is 3.18. The number of hydrogen-bond donors (Lipinski definition) is 1. The van der Waals surface area contributed by atoms with Crippen molar-refractivity contribution in [1.29, 1.82) is 0 Å². The van der Waals surface area contributed by atoms with Crippen LogP contribution in [0.4, 0.5) is 0 Å². The summed E-state index contributed by atoms with van der Waals surface area (Å²) >= 11 is 0. The number of benzene rings is 2. The van der Waals surface area contributed by atoms with Crippen molar-refractivity contribution in [2.75, 3.05) is 13.7 Å². The SMILES string of the molecule is COc1ccc(C2CC(O)CCN2Cc2ccccc2)cc1. The summed E-state index contributed by atoms with van der Waals surface area (Å²) in [5.74, 6) is 0.870. The number of aliphatic hydroxyl groups excluding tert-OH is 1. The molecule has 22 heavy (non-hydrogen) atoms. The van der Waals surface area contributed by atoms with E-state index >= 15 is 0 Å². The molecule has 0 amide bonds. The molecule has 1 saturated heterocycles. The number of methoxy groups -OCH3 is 1. The number of rotatable bonds is 4. The van der Waals surface area contributed by atoms with E-state index in [1.165, 1.54) is 11.1 Å². The maximum Gasteiger partial charge on any atom is 0.118 e. The molecule has 1 aliphatic heterocycles. The van der Waals surface area contributed by atoms with Crippen LogP contribution in [0.25, 0.3) is 0 Å². The average molecular weight is 297 g/mol. The van der Waals surface area contributed by atoms with Crippen molar-refractivity contribution in [2.24, 2.45) is 0 Å². The van der Waals surface area contributed by atoms with Gasteiger partial charge in [-0.15, -0.1) is 0 Å². The van der Waals surface area contributed by atoms with Crippen molar-refractivity contribution in [3.8, 4) is 5.75 Å². The van der Waals surface area contributed by atoms with Crippen molar-refractivity contribution >= 4 is 0 Å². The first-order valence-corrected chi connectivity index (χ1v) is 7.86. The molecule has 3 heteroatoms. The lowest BCUT2D eigenvalue weighted by molar-refractivity contribution is 0.0364. The Morgan fingerprint density at radius 3 is 2.50 bits per heavy atom. The van der Waals surface area contributed by atoms with E-state index in [0.29, 0.717) is 0 Å². The Morgan fingerprint density at radius 2 is 1.82 bits per heavy atom. The first kappa shape index (κ1) is 15.1. The molecule has 1 fully saturated rings. The van der Waals surface area contributed by atoms with Gasteiger partial charge in [0.25, 0.3) is 0 Å². The largest absolute Gasteiger partial charge is 0.497 e. The number of hydrogen-bond acceptors (Lipinski definition) is 3. The molecule has 2 unspecified atom stereocenters. The Hall–Kier alpha value is -1.84. The van der Waals surface area contributed by atoms with E-state index in [0.717, 1.165) is 31.7 Å². The molecule has 1 heterocycles. The van der Waals surface area contributed by atoms with Gasteiger partial charge in [-0.05, 0) is 36.1 Å². The minimum absolute atomic E-state index is 0.209. The van der Waals surface area contributed by atoms with E-state index in [1.54, 1.807) is 7.11 Å². The Morgan fingerprint density at radius 1 is 1.09 bits per heavy atom. The molecule has 3 nitrogen and oxygen atoms in total. The highest BCUT2D eigenvalue weighted by Crippen LogP contribution is 2.33. The molecular formula is C19H23NO2. The van der Waals surface area contributed by atoms with Crippen LogP contribution in [-0.2, 0) is 6.54 Å². The van der Waals surface area contributed by atoms with Crippen molar-refractivity contribution in [2.45, 2.75) is 31.5 Å². The lowest BCUT2D eigenvalue weighted by atomic mass is 9.93. The maximum atomic E-state index is 10.1. The summed E-state index contributed by atoms with van der Waals surface area (Å²) in [5.41, 5.74) is 2.56. The third-order valence-corrected chi connectivity index (χ3v) is 4.41. The third-order valence-electron chi connectivity index (χ3n) is 4.41. The van der Waals surface area contributed by atoms with Gasteiger partial charge in [-0.1, -0.05) is 42.5 Å². The molecule has 0 aliphatic carbocycles. The van der Waals surface area contributed by atoms with Crippen LogP contribution < -0.4 is 4.74 Å². The highest BCUT2D eigenvalue weighted by Gasteiger charge is 2.28. The van der Waals surface area contributed by atoms with Crippen LogP contribution in [0.2, 0.25) is 0 Å². The van der Waals surface area contributed by atoms with Crippen LogP contribution in [0, 0.1) is 0 Å². The molecule has 0 bridgehead atoms. The van der Waals surface area contributed by atoms with Gasteiger partial charge >= 0.3 is 0 Å². The van der Waals surface area contributed by atoms with Crippen LogP contribution in [-0.4, -0.2) is 29.8 Å². The highest BCUT2D eigenvalue weighted by molar-refractivity contribution is 5.29. The minimum atomic E-state index is -0.209. The van der Waals surface area contributed by atoms with Crippen LogP contribution in [0.1, 0.15) is 30.0 Å². The minimum Gasteiger partial charge on any atom is -0.497 e. The summed E-state index contributed by atoms with van der Waals surface area (Å²) in [5, 5.41) is 10.1. The molecule has 0 radical (unpaired) electrons. The molecule has 0 aromatic heterocycles. The summed E-state index contributed by atoms with van der Waals surface area (Å²) in [7, 11) is 1.68. The van der Waals surface area contributed by atoms with Crippen molar-refractivity contribution in [3.63, 3.8) is 0 Å². The van der Waals surface area contributed by atoms with Gasteiger partial charge in [0.1, 0.15) is 5.75 Å². The highest BCUT2D eigenvalue weighted by atomic mass is 16.5. The predicted octanol–water partition coefficient (Wildman–Crippen LogP) is 3.39. The first-order chi connectivity index (χ1) is 10.8. The van der Waals surface area contributed by atoms with E-state index in [-0.39, 0.29) is 12.1 Å². The summed E-state index contributed by atoms with van der Waals surface area (Å²) in [6.45, 7) is 1.84. The van der Waals surface area contributed by atoms with Crippen LogP contribution in [0.15, 0.2) is 54.6 Å². The molecule has 1 aliphatic rings. The second kappa shape index (κ2) is 6.95. The van der Waals surface area contributed by atoms with Gasteiger partial charge in [-0.25, -0.2) is 0 Å². The van der Waals surface area contributed by atoms with Gasteiger partial charge in [-0.2, -0.15) is 0 Å². The molecule has 0 saturated carbocycles. The second-order valence-corrected chi connectivity index (χ2v) is 5.92. The molecule has 1 N–H and O–H groups in total. The van der Waals surface area contributed by atoms with Gasteiger partial charge in [0.2, 0.25) is 0 Å². The zero-order valence-electron chi connectivity index (χ0n) is 13.0. The van der Waals surface area contributed by atoms with Gasteiger partial charge in [-0.3, -0.25) is 4.90 Å². The van der Waals surface area contributed by atoms with Gasteiger partial charge in [0.05, 0.1) is 13.2 Å². The van der Waals surface area contributed by atoms with E-state index in [1.807, 2.05) is 18.2 Å². The van der Waals surface area contributed by atoms with Gasteiger partial charge in [0.15, 0.2) is 0 Å². The first-order valence-electron chi connectivity index (χ1n) is 7.86. The number of nitrogens with zero attached hydrogens (tertiary/aromatic N) is 1. The molecular weight excluding hydrogens is 274 g/mol. The normalized spacial score (nSPS) is 22.5. The van der Waals surface area contributed by atoms with Gasteiger partial charge < -0.3 is 9.84 Å². The Kier molecular flexibility index (Phi) is 4.76. The Bertz CT molecular complexity index is 582. The maximum absolute atomic E-state index is 10.1. The lowest BCUT2D eigenvalue weighted by Crippen LogP contribution is -2.38. The zero-order valence-corrected chi connectivity index (χ0v) is 13.0. The van der Waals surface area contributed by atoms with Crippen molar-refractivity contribution in [1.82, 2.24) is 4.90 Å². The quantitative estimate of drug-likeness (QED) is 0.939. The number of aliphatic hydroxyl groups is 1. The summed E-state index contributed by atoms with van der Waals surface area (Å²) in [4.78, 5) is 2.46. The van der Waals surface area contributed by atoms with E-state index < -0.39 is 0 Å². The topological polar surface area (TPSA) is 32.7 Å². The third kappa shape index (κ3) is 3.49. The second-order valence-electron chi connectivity index (χ2n) is 5.92. The zero-order chi connectivity index (χ0) is 15.4. The number of piperidine rings is 1. The van der Waals surface area contributed by atoms with E-state index in [2.05, 4.69) is 41.3 Å². The standard InChI is InChI=1S/C19H23NO2/c1-22-18-9-7-16(8-10-18)19-13-17(21)11-12-20(19)14-15-5-3-2-4-6-15/h2-10,17,19,21H,11-14H2,1H3. The van der Waals surface area contributed by atoms with E-state index in [9.17, 15) is 5.11 Å². The Balaban J connectivity index is 1.80. The predicted molar refractivity (Wildman–Crippen MR) is 87.8 cm³/mol. The molecule has 3 rings (SSSR count). The monoisotopic (exact) mass is 297 g/mol.